The van der Waals surface area contributed by atoms with Gasteiger partial charge in [-0.2, -0.15) is 0 Å². The summed E-state index contributed by atoms with van der Waals surface area (Å²) in [4.78, 5) is 28.5. The van der Waals surface area contributed by atoms with Crippen molar-refractivity contribution >= 4 is 17.6 Å². The lowest BCUT2D eigenvalue weighted by molar-refractivity contribution is -0.159. The Labute approximate surface area is 187 Å². The van der Waals surface area contributed by atoms with Gasteiger partial charge in [-0.15, -0.1) is 0 Å². The third-order valence-electron chi connectivity index (χ3n) is 6.06. The number of halogens is 1. The Kier molecular flexibility index (Phi) is 6.42. The molecule has 2 aliphatic heterocycles. The second-order valence-corrected chi connectivity index (χ2v) is 8.11. The zero-order valence-electron chi connectivity index (χ0n) is 17.9. The van der Waals surface area contributed by atoms with Gasteiger partial charge < -0.3 is 20.2 Å². The number of amides is 3. The molecule has 166 valence electrons. The molecule has 0 spiro atoms. The summed E-state index contributed by atoms with van der Waals surface area (Å²) in [6, 6.07) is 12.7. The Morgan fingerprint density at radius 2 is 1.97 bits per heavy atom. The van der Waals surface area contributed by atoms with Crippen molar-refractivity contribution in [3.63, 3.8) is 0 Å². The molecule has 7 heteroatoms. The number of benzene rings is 2. The van der Waals surface area contributed by atoms with Crippen LogP contribution in [0, 0.1) is 17.7 Å². The van der Waals surface area contributed by atoms with Gasteiger partial charge in [0.2, 0.25) is 5.91 Å². The standard InChI is InChI=1S/C25H26FN3O3/c1-2-3-4-7-17-10-12-18(13-11-17)24-21-14-28(15-23(31)29(21)22(24)16-30)25(32)27-20-9-6-5-8-19(20)26/h5-6,8-13,21-22,24,30H,2-3,14-16H2,1H3,(H,27,32)/t21-,22-,24+/m0/s1. The summed E-state index contributed by atoms with van der Waals surface area (Å²) in [5, 5.41) is 12.5. The number of carbonyl (C=O) groups is 2. The van der Waals surface area contributed by atoms with Gasteiger partial charge in [-0.25, -0.2) is 9.18 Å². The Morgan fingerprint density at radius 3 is 2.66 bits per heavy atom. The number of urea groups is 1. The third-order valence-corrected chi connectivity index (χ3v) is 6.06. The van der Waals surface area contributed by atoms with E-state index in [2.05, 4.69) is 24.1 Å². The number of carbonyl (C=O) groups excluding carboxylic acids is 2. The maximum absolute atomic E-state index is 13.9. The number of anilines is 1. The van der Waals surface area contributed by atoms with Gasteiger partial charge in [-0.1, -0.05) is 43.0 Å². The van der Waals surface area contributed by atoms with Crippen LogP contribution in [-0.4, -0.2) is 58.6 Å². The number of para-hydroxylation sites is 1. The van der Waals surface area contributed by atoms with Crippen LogP contribution in [0.15, 0.2) is 48.5 Å². The lowest BCUT2D eigenvalue weighted by Crippen LogP contribution is -2.73. The van der Waals surface area contributed by atoms with Crippen LogP contribution in [0.4, 0.5) is 14.9 Å². The molecule has 0 saturated carbocycles. The zero-order valence-corrected chi connectivity index (χ0v) is 17.9. The van der Waals surface area contributed by atoms with Crippen molar-refractivity contribution in [2.75, 3.05) is 25.0 Å². The quantitative estimate of drug-likeness (QED) is 0.725. The lowest BCUT2D eigenvalue weighted by Gasteiger charge is -2.58. The van der Waals surface area contributed by atoms with E-state index in [1.165, 1.54) is 17.0 Å². The smallest absolute Gasteiger partial charge is 0.322 e. The molecule has 2 aliphatic rings. The molecule has 3 amide bonds. The molecule has 2 N–H and O–H groups in total. The normalized spacial score (nSPS) is 21.8. The van der Waals surface area contributed by atoms with Crippen LogP contribution in [0.5, 0.6) is 0 Å². The van der Waals surface area contributed by atoms with Crippen LogP contribution < -0.4 is 5.32 Å². The largest absolute Gasteiger partial charge is 0.394 e. The average Bonchev–Trinajstić information content (AvgIpc) is 2.78. The monoisotopic (exact) mass is 435 g/mol. The van der Waals surface area contributed by atoms with Crippen molar-refractivity contribution in [2.24, 2.45) is 0 Å². The number of nitrogens with zero attached hydrogens (tertiary/aromatic N) is 2. The van der Waals surface area contributed by atoms with Crippen LogP contribution in [-0.2, 0) is 4.79 Å². The Morgan fingerprint density at radius 1 is 1.22 bits per heavy atom. The molecule has 2 fully saturated rings. The van der Waals surface area contributed by atoms with Gasteiger partial charge in [-0.05, 0) is 36.2 Å². The van der Waals surface area contributed by atoms with Crippen molar-refractivity contribution in [1.82, 2.24) is 9.80 Å². The summed E-state index contributed by atoms with van der Waals surface area (Å²) in [6.45, 7) is 2.14. The minimum absolute atomic E-state index is 0.0746. The highest BCUT2D eigenvalue weighted by atomic mass is 19.1. The molecule has 3 atom stereocenters. The second kappa shape index (κ2) is 9.41. The number of aliphatic hydroxyl groups is 1. The number of hydrogen-bond donors (Lipinski definition) is 2. The van der Waals surface area contributed by atoms with E-state index in [1.807, 2.05) is 24.3 Å². The molecule has 6 nitrogen and oxygen atoms in total. The molecule has 0 unspecified atom stereocenters. The molecule has 32 heavy (non-hydrogen) atoms. The van der Waals surface area contributed by atoms with Crippen molar-refractivity contribution in [3.8, 4) is 11.8 Å². The second-order valence-electron chi connectivity index (χ2n) is 8.11. The molecular formula is C25H26FN3O3. The first-order valence-electron chi connectivity index (χ1n) is 10.8. The average molecular weight is 435 g/mol. The molecule has 0 aromatic heterocycles. The van der Waals surface area contributed by atoms with E-state index < -0.39 is 11.8 Å². The molecule has 0 radical (unpaired) electrons. The maximum atomic E-state index is 13.9. The number of rotatable bonds is 4. The molecule has 2 aromatic rings. The van der Waals surface area contributed by atoms with E-state index in [4.69, 9.17) is 0 Å². The number of fused-ring (bicyclic) bond motifs is 1. The molecule has 2 heterocycles. The van der Waals surface area contributed by atoms with Gasteiger partial charge >= 0.3 is 6.03 Å². The van der Waals surface area contributed by atoms with Crippen LogP contribution in [0.1, 0.15) is 36.8 Å². The summed E-state index contributed by atoms with van der Waals surface area (Å²) in [5.74, 6) is 5.41. The van der Waals surface area contributed by atoms with E-state index in [0.717, 1.165) is 24.0 Å². The number of piperazine rings is 1. The van der Waals surface area contributed by atoms with Crippen LogP contribution in [0.3, 0.4) is 0 Å². The highest BCUT2D eigenvalue weighted by molar-refractivity contribution is 5.93. The first-order chi connectivity index (χ1) is 15.5. The van der Waals surface area contributed by atoms with Crippen molar-refractivity contribution in [2.45, 2.75) is 37.8 Å². The highest BCUT2D eigenvalue weighted by Gasteiger charge is 2.54. The van der Waals surface area contributed by atoms with Crippen LogP contribution in [0.25, 0.3) is 0 Å². The van der Waals surface area contributed by atoms with Crippen molar-refractivity contribution in [1.29, 1.82) is 0 Å². The molecular weight excluding hydrogens is 409 g/mol. The minimum atomic E-state index is -0.533. The van der Waals surface area contributed by atoms with Crippen molar-refractivity contribution in [3.05, 3.63) is 65.5 Å². The van der Waals surface area contributed by atoms with E-state index >= 15 is 0 Å². The summed E-state index contributed by atoms with van der Waals surface area (Å²) in [7, 11) is 0. The number of aliphatic hydroxyl groups excluding tert-OH is 1. The molecule has 0 aliphatic carbocycles. The number of hydrogen-bond acceptors (Lipinski definition) is 3. The zero-order chi connectivity index (χ0) is 22.7. The summed E-state index contributed by atoms with van der Waals surface area (Å²) < 4.78 is 13.9. The van der Waals surface area contributed by atoms with E-state index in [-0.39, 0.29) is 42.7 Å². The SMILES string of the molecule is CCCC#Cc1ccc([C@H]2[C@H](CO)N3C(=O)CN(C(=O)Nc4ccccc4F)C[C@@H]23)cc1. The first-order valence-corrected chi connectivity index (χ1v) is 10.8. The van der Waals surface area contributed by atoms with E-state index in [1.54, 1.807) is 17.0 Å². The lowest BCUT2D eigenvalue weighted by atomic mass is 9.73. The number of nitrogens with one attached hydrogen (secondary N) is 1. The summed E-state index contributed by atoms with van der Waals surface area (Å²) >= 11 is 0. The van der Waals surface area contributed by atoms with Gasteiger partial charge in [0.05, 0.1) is 24.4 Å². The predicted molar refractivity (Wildman–Crippen MR) is 119 cm³/mol. The van der Waals surface area contributed by atoms with E-state index in [0.29, 0.717) is 6.54 Å². The fraction of sp³-hybridized carbons (Fsp3) is 0.360. The fourth-order valence-electron chi connectivity index (χ4n) is 4.49. The van der Waals surface area contributed by atoms with Crippen molar-refractivity contribution < 1.29 is 19.1 Å². The molecule has 0 bridgehead atoms. The Balaban J connectivity index is 1.50. The van der Waals surface area contributed by atoms with Gasteiger partial charge in [0.15, 0.2) is 0 Å². The topological polar surface area (TPSA) is 72.9 Å². The van der Waals surface area contributed by atoms with Crippen LogP contribution in [0.2, 0.25) is 0 Å². The molecule has 2 saturated heterocycles. The fourth-order valence-corrected chi connectivity index (χ4v) is 4.49. The Bertz CT molecular complexity index is 1060. The van der Waals surface area contributed by atoms with Crippen LogP contribution >= 0.6 is 0 Å². The first kappa shape index (κ1) is 21.8. The van der Waals surface area contributed by atoms with Gasteiger partial charge in [0.25, 0.3) is 0 Å². The van der Waals surface area contributed by atoms with Gasteiger partial charge in [0.1, 0.15) is 12.4 Å². The third kappa shape index (κ3) is 4.19. The maximum Gasteiger partial charge on any atom is 0.322 e. The number of unbranched alkanes of at least 4 members (excludes halogenated alkanes) is 1. The molecule has 4 rings (SSSR count). The highest BCUT2D eigenvalue weighted by Crippen LogP contribution is 2.43. The summed E-state index contributed by atoms with van der Waals surface area (Å²) in [6.07, 6.45) is 1.86. The minimum Gasteiger partial charge on any atom is -0.394 e. The van der Waals surface area contributed by atoms with Gasteiger partial charge in [-0.3, -0.25) is 4.79 Å². The van der Waals surface area contributed by atoms with Gasteiger partial charge in [0, 0.05) is 24.4 Å². The Hall–Kier alpha value is -3.37. The summed E-state index contributed by atoms with van der Waals surface area (Å²) in [5.41, 5.74) is 1.99. The molecule has 2 aromatic carbocycles. The predicted octanol–water partition coefficient (Wildman–Crippen LogP) is 3.18. The van der Waals surface area contributed by atoms with E-state index in [9.17, 15) is 19.1 Å².